The Balaban J connectivity index is 1.70. The summed E-state index contributed by atoms with van der Waals surface area (Å²) < 4.78 is 0. The number of carbonyl (C=O) groups is 1. The third-order valence-electron chi connectivity index (χ3n) is 4.95. The lowest BCUT2D eigenvalue weighted by Gasteiger charge is -2.32. The number of nitrogens with one attached hydrogen (secondary N) is 1. The number of carbonyl (C=O) groups excluding carboxylic acids is 1. The van der Waals surface area contributed by atoms with Gasteiger partial charge in [-0.2, -0.15) is 5.26 Å². The Bertz CT molecular complexity index is 348. The summed E-state index contributed by atoms with van der Waals surface area (Å²) in [6, 6.07) is 2.60. The van der Waals surface area contributed by atoms with Crippen molar-refractivity contribution in [3.8, 4) is 6.07 Å². The molecule has 0 radical (unpaired) electrons. The molecule has 2 fully saturated rings. The number of hydrogen-bond donors (Lipinski definition) is 1. The van der Waals surface area contributed by atoms with Gasteiger partial charge in [0, 0.05) is 24.9 Å². The molecular weight excluding hydrogens is 262 g/mol. The van der Waals surface area contributed by atoms with Crippen molar-refractivity contribution < 1.29 is 4.79 Å². The number of rotatable bonds is 4. The number of hydrogen-bond acceptors (Lipinski definition) is 3. The molecule has 1 heterocycles. The predicted octanol–water partition coefficient (Wildman–Crippen LogP) is 2.84. The molecule has 2 rings (SSSR count). The van der Waals surface area contributed by atoms with Crippen LogP contribution in [0.2, 0.25) is 0 Å². The van der Waals surface area contributed by atoms with Crippen molar-refractivity contribution in [2.45, 2.75) is 70.3 Å². The van der Waals surface area contributed by atoms with E-state index in [1.54, 1.807) is 0 Å². The van der Waals surface area contributed by atoms with Crippen LogP contribution in [0.15, 0.2) is 0 Å². The summed E-state index contributed by atoms with van der Waals surface area (Å²) in [7, 11) is 0. The maximum Gasteiger partial charge on any atom is 0.223 e. The molecule has 118 valence electrons. The van der Waals surface area contributed by atoms with Crippen molar-refractivity contribution in [2.75, 3.05) is 19.6 Å². The van der Waals surface area contributed by atoms with Crippen LogP contribution in [-0.4, -0.2) is 36.5 Å². The topological polar surface area (TPSA) is 56.1 Å². The fourth-order valence-electron chi connectivity index (χ4n) is 3.55. The van der Waals surface area contributed by atoms with E-state index in [0.717, 1.165) is 45.3 Å². The maximum absolute atomic E-state index is 12.4. The molecule has 0 aromatic rings. The Morgan fingerprint density at radius 2 is 1.67 bits per heavy atom. The molecule has 0 aromatic carbocycles. The lowest BCUT2D eigenvalue weighted by atomic mass is 9.93. The van der Waals surface area contributed by atoms with Crippen molar-refractivity contribution in [3.63, 3.8) is 0 Å². The Morgan fingerprint density at radius 3 is 2.29 bits per heavy atom. The van der Waals surface area contributed by atoms with E-state index in [9.17, 15) is 4.79 Å². The Kier molecular flexibility index (Phi) is 7.02. The third-order valence-corrected chi connectivity index (χ3v) is 4.95. The van der Waals surface area contributed by atoms with Gasteiger partial charge in [-0.3, -0.25) is 4.79 Å². The summed E-state index contributed by atoms with van der Waals surface area (Å²) >= 11 is 0. The zero-order valence-electron chi connectivity index (χ0n) is 13.1. The quantitative estimate of drug-likeness (QED) is 0.866. The van der Waals surface area contributed by atoms with Gasteiger partial charge in [-0.25, -0.2) is 0 Å². The second kappa shape index (κ2) is 9.04. The van der Waals surface area contributed by atoms with E-state index in [-0.39, 0.29) is 11.8 Å². The highest BCUT2D eigenvalue weighted by molar-refractivity contribution is 5.79. The number of likely N-dealkylation sites (tertiary alicyclic amines) is 1. The van der Waals surface area contributed by atoms with Gasteiger partial charge in [0.1, 0.15) is 0 Å². The van der Waals surface area contributed by atoms with E-state index in [2.05, 4.69) is 16.3 Å². The van der Waals surface area contributed by atoms with Gasteiger partial charge in [-0.1, -0.05) is 32.1 Å². The van der Waals surface area contributed by atoms with Crippen molar-refractivity contribution >= 4 is 5.91 Å². The van der Waals surface area contributed by atoms with Crippen molar-refractivity contribution in [1.82, 2.24) is 10.2 Å². The molecule has 0 spiro atoms. The fourth-order valence-corrected chi connectivity index (χ4v) is 3.55. The first-order valence-corrected chi connectivity index (χ1v) is 8.69. The van der Waals surface area contributed by atoms with Gasteiger partial charge >= 0.3 is 0 Å². The lowest BCUT2D eigenvalue weighted by molar-refractivity contribution is -0.127. The van der Waals surface area contributed by atoms with Gasteiger partial charge in [0.05, 0.1) is 6.07 Å². The maximum atomic E-state index is 12.4. The van der Waals surface area contributed by atoms with Gasteiger partial charge in [0.15, 0.2) is 0 Å². The number of nitrogens with zero attached hydrogens (tertiary/aromatic N) is 2. The number of nitriles is 1. The minimum atomic E-state index is 0.189. The second-order valence-corrected chi connectivity index (χ2v) is 6.57. The molecule has 1 N–H and O–H groups in total. The molecule has 2 aliphatic rings. The van der Waals surface area contributed by atoms with Crippen molar-refractivity contribution in [2.24, 2.45) is 5.92 Å². The van der Waals surface area contributed by atoms with Crippen LogP contribution in [-0.2, 0) is 4.79 Å². The Morgan fingerprint density at radius 1 is 1.05 bits per heavy atom. The highest BCUT2D eigenvalue weighted by atomic mass is 16.1. The highest BCUT2D eigenvalue weighted by Crippen LogP contribution is 2.20. The summed E-state index contributed by atoms with van der Waals surface area (Å²) in [5.41, 5.74) is 0. The van der Waals surface area contributed by atoms with Crippen molar-refractivity contribution in [1.29, 1.82) is 5.26 Å². The molecule has 0 bridgehead atoms. The first-order valence-electron chi connectivity index (χ1n) is 8.69. The molecule has 1 amide bonds. The van der Waals surface area contributed by atoms with Crippen molar-refractivity contribution in [3.05, 3.63) is 0 Å². The molecule has 4 heteroatoms. The second-order valence-electron chi connectivity index (χ2n) is 6.57. The standard InChI is InChI=1S/C17H29N3O/c18-11-6-12-20-13-9-15(10-14-20)17(21)19-16-7-4-2-1-3-5-8-16/h15-16H,1-10,12-14H2,(H,19,21). The molecule has 0 atom stereocenters. The van der Waals surface area contributed by atoms with Crippen LogP contribution in [0.25, 0.3) is 0 Å². The molecule has 1 aliphatic heterocycles. The molecule has 1 saturated carbocycles. The normalized spacial score (nSPS) is 23.0. The predicted molar refractivity (Wildman–Crippen MR) is 83.6 cm³/mol. The molecular formula is C17H29N3O. The Hall–Kier alpha value is -1.08. The van der Waals surface area contributed by atoms with E-state index in [1.807, 2.05) is 0 Å². The Labute approximate surface area is 128 Å². The minimum Gasteiger partial charge on any atom is -0.353 e. The van der Waals surface area contributed by atoms with Gasteiger partial charge in [-0.15, -0.1) is 0 Å². The van der Waals surface area contributed by atoms with Crippen LogP contribution in [0.3, 0.4) is 0 Å². The monoisotopic (exact) mass is 291 g/mol. The summed E-state index contributed by atoms with van der Waals surface area (Å²) in [5.74, 6) is 0.467. The van der Waals surface area contributed by atoms with E-state index >= 15 is 0 Å². The third kappa shape index (κ3) is 5.67. The molecule has 21 heavy (non-hydrogen) atoms. The van der Waals surface area contributed by atoms with E-state index in [4.69, 9.17) is 5.26 Å². The zero-order chi connectivity index (χ0) is 14.9. The van der Waals surface area contributed by atoms with E-state index in [0.29, 0.717) is 12.5 Å². The molecule has 1 aliphatic carbocycles. The number of amides is 1. The summed E-state index contributed by atoms with van der Waals surface area (Å²) in [4.78, 5) is 14.7. The molecule has 0 unspecified atom stereocenters. The highest BCUT2D eigenvalue weighted by Gasteiger charge is 2.26. The number of piperidine rings is 1. The first-order chi connectivity index (χ1) is 10.3. The molecule has 0 aromatic heterocycles. The van der Waals surface area contributed by atoms with Gasteiger partial charge in [0.2, 0.25) is 5.91 Å². The largest absolute Gasteiger partial charge is 0.353 e. The van der Waals surface area contributed by atoms with Crippen LogP contribution >= 0.6 is 0 Å². The summed E-state index contributed by atoms with van der Waals surface area (Å²) in [5, 5.41) is 11.9. The van der Waals surface area contributed by atoms with E-state index < -0.39 is 0 Å². The zero-order valence-corrected chi connectivity index (χ0v) is 13.1. The molecule has 4 nitrogen and oxygen atoms in total. The van der Waals surface area contributed by atoms with Crippen LogP contribution in [0.4, 0.5) is 0 Å². The lowest BCUT2D eigenvalue weighted by Crippen LogP contribution is -2.44. The minimum absolute atomic E-state index is 0.189. The average molecular weight is 291 g/mol. The van der Waals surface area contributed by atoms with Crippen LogP contribution in [0.1, 0.15) is 64.2 Å². The SMILES string of the molecule is N#CCCN1CCC(C(=O)NC2CCCCCCC2)CC1. The van der Waals surface area contributed by atoms with Crippen LogP contribution < -0.4 is 5.32 Å². The van der Waals surface area contributed by atoms with Crippen LogP contribution in [0.5, 0.6) is 0 Å². The average Bonchev–Trinajstić information content (AvgIpc) is 2.48. The van der Waals surface area contributed by atoms with Gasteiger partial charge in [0.25, 0.3) is 0 Å². The summed E-state index contributed by atoms with van der Waals surface area (Å²) in [6.07, 6.45) is 11.3. The summed E-state index contributed by atoms with van der Waals surface area (Å²) in [6.45, 7) is 2.78. The van der Waals surface area contributed by atoms with E-state index in [1.165, 1.54) is 32.1 Å². The fraction of sp³-hybridized carbons (Fsp3) is 0.882. The van der Waals surface area contributed by atoms with Gasteiger partial charge < -0.3 is 10.2 Å². The first kappa shape index (κ1) is 16.3. The smallest absolute Gasteiger partial charge is 0.223 e. The van der Waals surface area contributed by atoms with Crippen LogP contribution in [0, 0.1) is 17.2 Å². The molecule has 1 saturated heterocycles. The van der Waals surface area contributed by atoms with Gasteiger partial charge in [-0.05, 0) is 38.8 Å².